The maximum atomic E-state index is 12.9. The highest BCUT2D eigenvalue weighted by molar-refractivity contribution is 7.99. The molecule has 2 saturated carbocycles. The van der Waals surface area contributed by atoms with Crippen molar-refractivity contribution < 1.29 is 14.3 Å². The van der Waals surface area contributed by atoms with Crippen LogP contribution in [0, 0.1) is 5.92 Å². The number of amides is 2. The van der Waals surface area contributed by atoms with Crippen molar-refractivity contribution in [1.29, 1.82) is 0 Å². The molecule has 2 amide bonds. The van der Waals surface area contributed by atoms with Gasteiger partial charge in [0.05, 0.1) is 18.1 Å². The lowest BCUT2D eigenvalue weighted by molar-refractivity contribution is -0.171. The molecule has 0 N–H and O–H groups in total. The van der Waals surface area contributed by atoms with Crippen LogP contribution in [0.1, 0.15) is 38.5 Å². The first-order chi connectivity index (χ1) is 10.7. The van der Waals surface area contributed by atoms with E-state index in [9.17, 15) is 9.59 Å². The smallest absolute Gasteiger partial charge is 0.246 e. The summed E-state index contributed by atoms with van der Waals surface area (Å²) in [5.74, 6) is 1.97. The van der Waals surface area contributed by atoms with Gasteiger partial charge in [0.25, 0.3) is 0 Å². The Balaban J connectivity index is 1.43. The lowest BCUT2D eigenvalue weighted by atomic mass is 9.78. The summed E-state index contributed by atoms with van der Waals surface area (Å²) >= 11 is 1.71. The van der Waals surface area contributed by atoms with Gasteiger partial charge in [0, 0.05) is 24.8 Å². The Labute approximate surface area is 135 Å². The number of carbonyl (C=O) groups excluding carboxylic acids is 2. The van der Waals surface area contributed by atoms with E-state index in [-0.39, 0.29) is 29.4 Å². The van der Waals surface area contributed by atoms with Gasteiger partial charge in [-0.3, -0.25) is 9.59 Å². The molecule has 4 aliphatic rings. The van der Waals surface area contributed by atoms with E-state index in [1.807, 2.05) is 9.80 Å². The van der Waals surface area contributed by atoms with Crippen LogP contribution in [-0.4, -0.2) is 64.6 Å². The molecule has 4 rings (SSSR count). The van der Waals surface area contributed by atoms with E-state index in [2.05, 4.69) is 0 Å². The van der Waals surface area contributed by atoms with E-state index >= 15 is 0 Å². The van der Waals surface area contributed by atoms with Gasteiger partial charge in [-0.25, -0.2) is 0 Å². The van der Waals surface area contributed by atoms with Crippen molar-refractivity contribution in [3.63, 3.8) is 0 Å². The van der Waals surface area contributed by atoms with Crippen LogP contribution in [0.15, 0.2) is 0 Å². The Kier molecular flexibility index (Phi) is 3.85. The molecule has 0 aromatic carbocycles. The van der Waals surface area contributed by atoms with E-state index in [1.54, 1.807) is 11.8 Å². The molecule has 0 aromatic rings. The van der Waals surface area contributed by atoms with Crippen molar-refractivity contribution in [1.82, 2.24) is 9.80 Å². The van der Waals surface area contributed by atoms with Gasteiger partial charge in [0.1, 0.15) is 6.04 Å². The van der Waals surface area contributed by atoms with Crippen LogP contribution in [0.25, 0.3) is 0 Å². The topological polar surface area (TPSA) is 49.9 Å². The lowest BCUT2D eigenvalue weighted by Gasteiger charge is -2.49. The summed E-state index contributed by atoms with van der Waals surface area (Å²) in [5, 5.41) is 0. The van der Waals surface area contributed by atoms with E-state index in [0.717, 1.165) is 44.4 Å². The van der Waals surface area contributed by atoms with Crippen molar-refractivity contribution in [2.45, 2.75) is 50.2 Å². The van der Waals surface area contributed by atoms with E-state index < -0.39 is 0 Å². The average Bonchev–Trinajstić information content (AvgIpc) is 2.92. The van der Waals surface area contributed by atoms with Gasteiger partial charge in [0.15, 0.2) is 0 Å². The fourth-order valence-corrected chi connectivity index (χ4v) is 5.03. The molecule has 6 heteroatoms. The number of thioether (sulfide) groups is 1. The van der Waals surface area contributed by atoms with Crippen molar-refractivity contribution in [3.05, 3.63) is 0 Å². The molecule has 5 nitrogen and oxygen atoms in total. The van der Waals surface area contributed by atoms with Gasteiger partial charge >= 0.3 is 0 Å². The third kappa shape index (κ3) is 2.44. The molecular formula is C16H24N2O3S. The predicted molar refractivity (Wildman–Crippen MR) is 84.4 cm³/mol. The minimum Gasteiger partial charge on any atom is -0.371 e. The molecule has 4 fully saturated rings. The van der Waals surface area contributed by atoms with E-state index in [4.69, 9.17) is 4.74 Å². The molecular weight excluding hydrogens is 300 g/mol. The van der Waals surface area contributed by atoms with Gasteiger partial charge in [-0.2, -0.15) is 0 Å². The summed E-state index contributed by atoms with van der Waals surface area (Å²) in [7, 11) is 0. The number of morpholine rings is 1. The highest BCUT2D eigenvalue weighted by atomic mass is 32.2. The van der Waals surface area contributed by atoms with E-state index in [1.165, 1.54) is 6.42 Å². The largest absolute Gasteiger partial charge is 0.371 e. The highest BCUT2D eigenvalue weighted by Gasteiger charge is 2.46. The minimum atomic E-state index is -0.242. The van der Waals surface area contributed by atoms with Crippen molar-refractivity contribution in [3.8, 4) is 0 Å². The van der Waals surface area contributed by atoms with E-state index in [0.29, 0.717) is 19.0 Å². The Bertz CT molecular complexity index is 476. The molecule has 0 bridgehead atoms. The summed E-state index contributed by atoms with van der Waals surface area (Å²) in [5.41, 5.74) is -0.0670. The summed E-state index contributed by atoms with van der Waals surface area (Å²) < 4.78 is 5.90. The molecule has 0 radical (unpaired) electrons. The maximum Gasteiger partial charge on any atom is 0.246 e. The summed E-state index contributed by atoms with van der Waals surface area (Å²) in [6, 6.07) is -0.242. The first kappa shape index (κ1) is 14.8. The fraction of sp³-hybridized carbons (Fsp3) is 0.875. The molecule has 122 valence electrons. The Hall–Kier alpha value is -0.750. The standard InChI is InChI=1S/C16H24N2O3S/c19-14(12-3-1-4-12)18-11-22-9-13(18)15(20)17-7-8-21-16(10-17)5-2-6-16/h12-13H,1-11H2/t13-/m1/s1. The molecule has 0 unspecified atom stereocenters. The molecule has 22 heavy (non-hydrogen) atoms. The molecule has 1 spiro atoms. The van der Waals surface area contributed by atoms with Gasteiger partial charge in [-0.15, -0.1) is 11.8 Å². The first-order valence-corrected chi connectivity index (χ1v) is 9.65. The molecule has 0 aromatic heterocycles. The summed E-state index contributed by atoms with van der Waals surface area (Å²) in [6.45, 7) is 2.04. The second-order valence-electron chi connectivity index (χ2n) is 7.10. The number of hydrogen-bond donors (Lipinski definition) is 0. The van der Waals surface area contributed by atoms with Gasteiger partial charge in [-0.1, -0.05) is 6.42 Å². The Morgan fingerprint density at radius 3 is 2.59 bits per heavy atom. The minimum absolute atomic E-state index is 0.0670. The third-order valence-electron chi connectivity index (χ3n) is 5.73. The van der Waals surface area contributed by atoms with Crippen LogP contribution in [-0.2, 0) is 14.3 Å². The molecule has 1 atom stereocenters. The maximum absolute atomic E-state index is 12.9. The fourth-order valence-electron chi connectivity index (χ4n) is 3.87. The van der Waals surface area contributed by atoms with Crippen LogP contribution in [0.3, 0.4) is 0 Å². The van der Waals surface area contributed by atoms with Crippen LogP contribution < -0.4 is 0 Å². The zero-order valence-corrected chi connectivity index (χ0v) is 13.8. The zero-order chi connectivity index (χ0) is 15.2. The summed E-state index contributed by atoms with van der Waals surface area (Å²) in [4.78, 5) is 29.3. The predicted octanol–water partition coefficient (Wildman–Crippen LogP) is 1.47. The normalized spacial score (nSPS) is 31.0. The Morgan fingerprint density at radius 2 is 1.95 bits per heavy atom. The second-order valence-corrected chi connectivity index (χ2v) is 8.10. The van der Waals surface area contributed by atoms with Crippen molar-refractivity contribution in [2.75, 3.05) is 31.3 Å². The second kappa shape index (κ2) is 5.71. The number of rotatable bonds is 2. The van der Waals surface area contributed by atoms with Crippen LogP contribution in [0.5, 0.6) is 0 Å². The molecule has 2 aliphatic heterocycles. The van der Waals surface area contributed by atoms with Crippen molar-refractivity contribution >= 4 is 23.6 Å². The van der Waals surface area contributed by atoms with Crippen LogP contribution in [0.2, 0.25) is 0 Å². The zero-order valence-electron chi connectivity index (χ0n) is 13.0. The van der Waals surface area contributed by atoms with Crippen molar-refractivity contribution in [2.24, 2.45) is 5.92 Å². The lowest BCUT2D eigenvalue weighted by Crippen LogP contribution is -2.60. The quantitative estimate of drug-likeness (QED) is 0.772. The van der Waals surface area contributed by atoms with Crippen LogP contribution >= 0.6 is 11.8 Å². The highest BCUT2D eigenvalue weighted by Crippen LogP contribution is 2.39. The number of carbonyl (C=O) groups is 2. The average molecular weight is 324 g/mol. The molecule has 2 aliphatic carbocycles. The van der Waals surface area contributed by atoms with Gasteiger partial charge < -0.3 is 14.5 Å². The van der Waals surface area contributed by atoms with Gasteiger partial charge in [0.2, 0.25) is 11.8 Å². The molecule has 2 heterocycles. The number of ether oxygens (including phenoxy) is 1. The third-order valence-corrected chi connectivity index (χ3v) is 6.74. The first-order valence-electron chi connectivity index (χ1n) is 8.50. The molecule has 2 saturated heterocycles. The van der Waals surface area contributed by atoms with Crippen LogP contribution in [0.4, 0.5) is 0 Å². The Morgan fingerprint density at radius 1 is 1.14 bits per heavy atom. The number of hydrogen-bond acceptors (Lipinski definition) is 4. The number of nitrogens with zero attached hydrogens (tertiary/aromatic N) is 2. The van der Waals surface area contributed by atoms with Gasteiger partial charge in [-0.05, 0) is 32.1 Å². The monoisotopic (exact) mass is 324 g/mol. The summed E-state index contributed by atoms with van der Waals surface area (Å²) in [6.07, 6.45) is 6.50. The SMILES string of the molecule is O=C([C@H]1CSCN1C(=O)C1CCC1)N1CCOC2(CCC2)C1.